The van der Waals surface area contributed by atoms with Crippen LogP contribution >= 0.6 is 0 Å². The van der Waals surface area contributed by atoms with E-state index in [1.54, 1.807) is 0 Å². The van der Waals surface area contributed by atoms with Crippen LogP contribution in [0.4, 0.5) is 0 Å². The van der Waals surface area contributed by atoms with E-state index in [9.17, 15) is 0 Å². The van der Waals surface area contributed by atoms with E-state index in [2.05, 4.69) is 4.90 Å². The van der Waals surface area contributed by atoms with Crippen LogP contribution in [0.2, 0.25) is 0 Å². The lowest BCUT2D eigenvalue weighted by atomic mass is 10.0. The summed E-state index contributed by atoms with van der Waals surface area (Å²) in [4.78, 5) is 2.63. The van der Waals surface area contributed by atoms with Crippen LogP contribution in [0.3, 0.4) is 0 Å². The number of ether oxygens (including phenoxy) is 1. The summed E-state index contributed by atoms with van der Waals surface area (Å²) in [5, 5.41) is 0. The SMILES string of the molecule is NCc1ccccc1OCCCN1CC2CCCC2C1. The Kier molecular flexibility index (Phi) is 4.58. The Hall–Kier alpha value is -1.06. The zero-order valence-corrected chi connectivity index (χ0v) is 12.3. The van der Waals surface area contributed by atoms with E-state index >= 15 is 0 Å². The molecule has 0 radical (unpaired) electrons. The van der Waals surface area contributed by atoms with Crippen LogP contribution in [0.1, 0.15) is 31.2 Å². The second-order valence-corrected chi connectivity index (χ2v) is 6.22. The van der Waals surface area contributed by atoms with Gasteiger partial charge in [0.2, 0.25) is 0 Å². The number of benzene rings is 1. The Labute approximate surface area is 122 Å². The van der Waals surface area contributed by atoms with Crippen molar-refractivity contribution in [3.8, 4) is 5.75 Å². The van der Waals surface area contributed by atoms with Crippen molar-refractivity contribution in [3.63, 3.8) is 0 Å². The standard InChI is InChI=1S/C17H26N2O/c18-11-14-5-1-2-8-17(14)20-10-4-9-19-12-15-6-3-7-16(15)13-19/h1-2,5,8,15-16H,3-4,6-7,9-13,18H2. The molecule has 0 amide bonds. The molecule has 110 valence electrons. The summed E-state index contributed by atoms with van der Waals surface area (Å²) in [6.45, 7) is 5.17. The molecular formula is C17H26N2O. The van der Waals surface area contributed by atoms with E-state index in [1.807, 2.05) is 24.3 Å². The molecule has 3 heteroatoms. The first kappa shape index (κ1) is 13.9. The Morgan fingerprint density at radius 1 is 1.15 bits per heavy atom. The fraction of sp³-hybridized carbons (Fsp3) is 0.647. The second kappa shape index (κ2) is 6.59. The van der Waals surface area contributed by atoms with E-state index in [4.69, 9.17) is 10.5 Å². The van der Waals surface area contributed by atoms with Gasteiger partial charge in [-0.2, -0.15) is 0 Å². The molecule has 1 saturated carbocycles. The molecule has 2 fully saturated rings. The van der Waals surface area contributed by atoms with Gasteiger partial charge in [-0.3, -0.25) is 0 Å². The molecule has 2 aliphatic rings. The molecule has 0 bridgehead atoms. The predicted octanol–water partition coefficient (Wildman–Crippen LogP) is 2.65. The molecule has 2 atom stereocenters. The molecule has 1 heterocycles. The summed E-state index contributed by atoms with van der Waals surface area (Å²) < 4.78 is 5.88. The van der Waals surface area contributed by atoms with Crippen LogP contribution in [0.5, 0.6) is 5.75 Å². The van der Waals surface area contributed by atoms with Crippen molar-refractivity contribution in [2.45, 2.75) is 32.2 Å². The van der Waals surface area contributed by atoms with Gasteiger partial charge in [-0.15, -0.1) is 0 Å². The van der Waals surface area contributed by atoms with Crippen molar-refractivity contribution in [1.29, 1.82) is 0 Å². The average Bonchev–Trinajstić information content (AvgIpc) is 3.05. The number of hydrogen-bond donors (Lipinski definition) is 1. The molecule has 1 aromatic rings. The van der Waals surface area contributed by atoms with Crippen molar-refractivity contribution >= 4 is 0 Å². The third-order valence-corrected chi connectivity index (χ3v) is 4.87. The normalized spacial score (nSPS) is 25.9. The van der Waals surface area contributed by atoms with Gasteiger partial charge in [-0.1, -0.05) is 24.6 Å². The summed E-state index contributed by atoms with van der Waals surface area (Å²) in [5.74, 6) is 2.94. The van der Waals surface area contributed by atoms with Gasteiger partial charge in [-0.25, -0.2) is 0 Å². The zero-order valence-electron chi connectivity index (χ0n) is 12.3. The number of para-hydroxylation sites is 1. The fourth-order valence-corrected chi connectivity index (χ4v) is 3.80. The molecule has 1 aromatic carbocycles. The number of likely N-dealkylation sites (tertiary alicyclic amines) is 1. The molecular weight excluding hydrogens is 248 g/mol. The van der Waals surface area contributed by atoms with Gasteiger partial charge >= 0.3 is 0 Å². The first-order valence-corrected chi connectivity index (χ1v) is 8.00. The maximum absolute atomic E-state index is 5.88. The number of hydrogen-bond acceptors (Lipinski definition) is 3. The molecule has 20 heavy (non-hydrogen) atoms. The first-order valence-electron chi connectivity index (χ1n) is 8.00. The van der Waals surface area contributed by atoms with Gasteiger partial charge in [0.15, 0.2) is 0 Å². The zero-order chi connectivity index (χ0) is 13.8. The molecule has 1 aliphatic heterocycles. The Morgan fingerprint density at radius 2 is 1.90 bits per heavy atom. The number of rotatable bonds is 6. The molecule has 1 aliphatic carbocycles. The minimum atomic E-state index is 0.547. The van der Waals surface area contributed by atoms with Crippen molar-refractivity contribution in [2.24, 2.45) is 17.6 Å². The largest absolute Gasteiger partial charge is 0.493 e. The van der Waals surface area contributed by atoms with Gasteiger partial charge in [0.1, 0.15) is 5.75 Å². The van der Waals surface area contributed by atoms with Gasteiger partial charge in [0.05, 0.1) is 6.61 Å². The van der Waals surface area contributed by atoms with Gasteiger partial charge < -0.3 is 15.4 Å². The van der Waals surface area contributed by atoms with Crippen molar-refractivity contribution in [3.05, 3.63) is 29.8 Å². The summed E-state index contributed by atoms with van der Waals surface area (Å²) in [7, 11) is 0. The second-order valence-electron chi connectivity index (χ2n) is 6.22. The van der Waals surface area contributed by atoms with Crippen LogP contribution in [-0.4, -0.2) is 31.1 Å². The predicted molar refractivity (Wildman–Crippen MR) is 81.7 cm³/mol. The topological polar surface area (TPSA) is 38.5 Å². The Morgan fingerprint density at radius 3 is 2.65 bits per heavy atom. The Bertz CT molecular complexity index is 423. The quantitative estimate of drug-likeness (QED) is 0.811. The maximum Gasteiger partial charge on any atom is 0.123 e. The van der Waals surface area contributed by atoms with Gasteiger partial charge in [0.25, 0.3) is 0 Å². The maximum atomic E-state index is 5.88. The van der Waals surface area contributed by atoms with Gasteiger partial charge in [0, 0.05) is 31.7 Å². The smallest absolute Gasteiger partial charge is 0.123 e. The van der Waals surface area contributed by atoms with E-state index < -0.39 is 0 Å². The van der Waals surface area contributed by atoms with Crippen molar-refractivity contribution in [1.82, 2.24) is 4.90 Å². The lowest BCUT2D eigenvalue weighted by Crippen LogP contribution is -2.24. The summed E-state index contributed by atoms with van der Waals surface area (Å²) in [6, 6.07) is 8.08. The summed E-state index contributed by atoms with van der Waals surface area (Å²) >= 11 is 0. The van der Waals surface area contributed by atoms with Crippen LogP contribution in [0, 0.1) is 11.8 Å². The molecule has 1 saturated heterocycles. The lowest BCUT2D eigenvalue weighted by Gasteiger charge is -2.17. The highest BCUT2D eigenvalue weighted by Gasteiger charge is 2.35. The van der Waals surface area contributed by atoms with Gasteiger partial charge in [-0.05, 0) is 37.2 Å². The van der Waals surface area contributed by atoms with Crippen molar-refractivity contribution in [2.75, 3.05) is 26.2 Å². The fourth-order valence-electron chi connectivity index (χ4n) is 3.80. The molecule has 3 nitrogen and oxygen atoms in total. The summed E-state index contributed by atoms with van der Waals surface area (Å²) in [6.07, 6.45) is 5.49. The molecule has 0 spiro atoms. The highest BCUT2D eigenvalue weighted by atomic mass is 16.5. The molecule has 2 N–H and O–H groups in total. The minimum Gasteiger partial charge on any atom is -0.493 e. The number of nitrogens with zero attached hydrogens (tertiary/aromatic N) is 1. The van der Waals surface area contributed by atoms with Crippen LogP contribution in [-0.2, 0) is 6.54 Å². The Balaban J connectivity index is 1.38. The van der Waals surface area contributed by atoms with E-state index in [1.165, 1.54) is 38.9 Å². The van der Waals surface area contributed by atoms with E-state index in [0.29, 0.717) is 6.54 Å². The molecule has 0 aromatic heterocycles. The lowest BCUT2D eigenvalue weighted by molar-refractivity contribution is 0.252. The monoisotopic (exact) mass is 274 g/mol. The number of fused-ring (bicyclic) bond motifs is 1. The van der Waals surface area contributed by atoms with Crippen molar-refractivity contribution < 1.29 is 4.74 Å². The van der Waals surface area contributed by atoms with Crippen LogP contribution in [0.15, 0.2) is 24.3 Å². The summed E-state index contributed by atoms with van der Waals surface area (Å²) in [5.41, 5.74) is 6.82. The number of nitrogens with two attached hydrogens (primary N) is 1. The highest BCUT2D eigenvalue weighted by molar-refractivity contribution is 5.32. The third kappa shape index (κ3) is 3.15. The van der Waals surface area contributed by atoms with Crippen LogP contribution in [0.25, 0.3) is 0 Å². The van der Waals surface area contributed by atoms with Crippen LogP contribution < -0.4 is 10.5 Å². The third-order valence-electron chi connectivity index (χ3n) is 4.87. The molecule has 2 unspecified atom stereocenters. The highest BCUT2D eigenvalue weighted by Crippen LogP contribution is 2.37. The minimum absolute atomic E-state index is 0.547. The van der Waals surface area contributed by atoms with E-state index in [-0.39, 0.29) is 0 Å². The molecule has 3 rings (SSSR count). The average molecular weight is 274 g/mol. The van der Waals surface area contributed by atoms with E-state index in [0.717, 1.165) is 36.2 Å². The first-order chi connectivity index (χ1) is 9.86.